The van der Waals surface area contributed by atoms with Crippen LogP contribution in [-0.4, -0.2) is 51.8 Å². The fraction of sp³-hybridized carbons (Fsp3) is 1.00. The smallest absolute Gasteiger partial charge is 0.0590 e. The van der Waals surface area contributed by atoms with Gasteiger partial charge in [-0.25, -0.2) is 0 Å². The second-order valence-corrected chi connectivity index (χ2v) is 4.78. The Bertz CT molecular complexity index is 135. The van der Waals surface area contributed by atoms with E-state index in [0.29, 0.717) is 5.41 Å². The van der Waals surface area contributed by atoms with Crippen LogP contribution in [0.5, 0.6) is 0 Å². The summed E-state index contributed by atoms with van der Waals surface area (Å²) in [6.45, 7) is 11.3. The highest BCUT2D eigenvalue weighted by molar-refractivity contribution is 4.73. The standard InChI is InChI=1S/C11H26N2O/c1-6-14-8-7-12-9-11(2,3)10-13(4)5/h12H,6-10H2,1-5H3. The topological polar surface area (TPSA) is 24.5 Å². The van der Waals surface area contributed by atoms with Gasteiger partial charge >= 0.3 is 0 Å². The molecule has 86 valence electrons. The molecule has 0 radical (unpaired) electrons. The summed E-state index contributed by atoms with van der Waals surface area (Å²) in [6, 6.07) is 0. The molecular weight excluding hydrogens is 176 g/mol. The molecule has 0 unspecified atom stereocenters. The number of nitrogens with zero attached hydrogens (tertiary/aromatic N) is 1. The number of nitrogens with one attached hydrogen (secondary N) is 1. The van der Waals surface area contributed by atoms with Gasteiger partial charge in [0.2, 0.25) is 0 Å². The molecule has 0 atom stereocenters. The highest BCUT2D eigenvalue weighted by Crippen LogP contribution is 2.13. The second-order valence-electron chi connectivity index (χ2n) is 4.78. The normalized spacial score (nSPS) is 12.4. The van der Waals surface area contributed by atoms with Crippen molar-refractivity contribution in [3.05, 3.63) is 0 Å². The molecular formula is C11H26N2O. The van der Waals surface area contributed by atoms with Crippen LogP contribution < -0.4 is 5.32 Å². The number of ether oxygens (including phenoxy) is 1. The number of rotatable bonds is 8. The molecule has 3 heteroatoms. The van der Waals surface area contributed by atoms with Crippen molar-refractivity contribution >= 4 is 0 Å². The molecule has 0 aliphatic carbocycles. The van der Waals surface area contributed by atoms with Gasteiger partial charge in [-0.3, -0.25) is 0 Å². The second kappa shape index (κ2) is 7.21. The first-order valence-corrected chi connectivity index (χ1v) is 5.41. The summed E-state index contributed by atoms with van der Waals surface area (Å²) < 4.78 is 5.26. The van der Waals surface area contributed by atoms with E-state index in [0.717, 1.165) is 32.8 Å². The van der Waals surface area contributed by atoms with Crippen LogP contribution in [0.2, 0.25) is 0 Å². The molecule has 0 heterocycles. The zero-order valence-corrected chi connectivity index (χ0v) is 10.4. The number of hydrogen-bond donors (Lipinski definition) is 1. The molecule has 0 aliphatic rings. The van der Waals surface area contributed by atoms with Gasteiger partial charge in [0, 0.05) is 26.2 Å². The van der Waals surface area contributed by atoms with Gasteiger partial charge in [0.15, 0.2) is 0 Å². The van der Waals surface area contributed by atoms with Crippen molar-refractivity contribution in [3.63, 3.8) is 0 Å². The molecule has 3 nitrogen and oxygen atoms in total. The minimum absolute atomic E-state index is 0.329. The zero-order chi connectivity index (χ0) is 11.0. The van der Waals surface area contributed by atoms with Crippen molar-refractivity contribution in [2.24, 2.45) is 5.41 Å². The highest BCUT2D eigenvalue weighted by atomic mass is 16.5. The summed E-state index contributed by atoms with van der Waals surface area (Å²) in [5.74, 6) is 0. The Kier molecular flexibility index (Phi) is 7.15. The predicted octanol–water partition coefficient (Wildman–Crippen LogP) is 1.20. The summed E-state index contributed by atoms with van der Waals surface area (Å²) in [5.41, 5.74) is 0.329. The van der Waals surface area contributed by atoms with Crippen molar-refractivity contribution in [3.8, 4) is 0 Å². The van der Waals surface area contributed by atoms with Gasteiger partial charge in [-0.2, -0.15) is 0 Å². The van der Waals surface area contributed by atoms with Crippen LogP contribution in [0.4, 0.5) is 0 Å². The quantitative estimate of drug-likeness (QED) is 0.599. The van der Waals surface area contributed by atoms with Crippen molar-refractivity contribution in [2.75, 3.05) is 46.9 Å². The van der Waals surface area contributed by atoms with E-state index in [1.807, 2.05) is 6.92 Å². The minimum atomic E-state index is 0.329. The van der Waals surface area contributed by atoms with E-state index >= 15 is 0 Å². The lowest BCUT2D eigenvalue weighted by Crippen LogP contribution is -2.38. The maximum Gasteiger partial charge on any atom is 0.0590 e. The molecule has 0 fully saturated rings. The summed E-state index contributed by atoms with van der Waals surface area (Å²) in [4.78, 5) is 2.23. The van der Waals surface area contributed by atoms with Gasteiger partial charge in [-0.1, -0.05) is 13.8 Å². The van der Waals surface area contributed by atoms with E-state index in [2.05, 4.69) is 38.2 Å². The molecule has 0 spiro atoms. The average molecular weight is 202 g/mol. The Balaban J connectivity index is 3.45. The van der Waals surface area contributed by atoms with Crippen molar-refractivity contribution in [2.45, 2.75) is 20.8 Å². The lowest BCUT2D eigenvalue weighted by atomic mass is 9.93. The van der Waals surface area contributed by atoms with Crippen molar-refractivity contribution in [1.29, 1.82) is 0 Å². The molecule has 0 saturated carbocycles. The molecule has 0 amide bonds. The van der Waals surface area contributed by atoms with Crippen molar-refractivity contribution < 1.29 is 4.74 Å². The van der Waals surface area contributed by atoms with Crippen molar-refractivity contribution in [1.82, 2.24) is 10.2 Å². The average Bonchev–Trinajstić information content (AvgIpc) is 2.01. The fourth-order valence-electron chi connectivity index (χ4n) is 1.63. The van der Waals surface area contributed by atoms with E-state index in [-0.39, 0.29) is 0 Å². The molecule has 14 heavy (non-hydrogen) atoms. The maximum atomic E-state index is 5.26. The first-order chi connectivity index (χ1) is 6.48. The first kappa shape index (κ1) is 13.9. The Morgan fingerprint density at radius 1 is 1.29 bits per heavy atom. The third kappa shape index (κ3) is 8.48. The van der Waals surface area contributed by atoms with E-state index < -0.39 is 0 Å². The molecule has 0 aromatic rings. The van der Waals surface area contributed by atoms with Crippen LogP contribution in [0.25, 0.3) is 0 Å². The molecule has 0 saturated heterocycles. The van der Waals surface area contributed by atoms with Crippen LogP contribution >= 0.6 is 0 Å². The Morgan fingerprint density at radius 3 is 2.43 bits per heavy atom. The molecule has 0 aromatic heterocycles. The molecule has 1 N–H and O–H groups in total. The largest absolute Gasteiger partial charge is 0.380 e. The van der Waals surface area contributed by atoms with Crippen LogP contribution in [0.1, 0.15) is 20.8 Å². The summed E-state index contributed by atoms with van der Waals surface area (Å²) in [7, 11) is 4.23. The van der Waals surface area contributed by atoms with Gasteiger partial charge in [0.25, 0.3) is 0 Å². The third-order valence-electron chi connectivity index (χ3n) is 1.98. The lowest BCUT2D eigenvalue weighted by molar-refractivity contribution is 0.144. The Morgan fingerprint density at radius 2 is 1.93 bits per heavy atom. The summed E-state index contributed by atoms with van der Waals surface area (Å²) in [6.07, 6.45) is 0. The van der Waals surface area contributed by atoms with Crippen LogP contribution in [0, 0.1) is 5.41 Å². The van der Waals surface area contributed by atoms with Crippen LogP contribution in [0.3, 0.4) is 0 Å². The number of hydrogen-bond acceptors (Lipinski definition) is 3. The monoisotopic (exact) mass is 202 g/mol. The van der Waals surface area contributed by atoms with Gasteiger partial charge in [0.05, 0.1) is 6.61 Å². The first-order valence-electron chi connectivity index (χ1n) is 5.41. The molecule has 0 rings (SSSR count). The molecule has 0 aliphatic heterocycles. The Hall–Kier alpha value is -0.120. The zero-order valence-electron chi connectivity index (χ0n) is 10.4. The SMILES string of the molecule is CCOCCNCC(C)(C)CN(C)C. The van der Waals surface area contributed by atoms with Gasteiger partial charge in [0.1, 0.15) is 0 Å². The van der Waals surface area contributed by atoms with Gasteiger partial charge in [-0.15, -0.1) is 0 Å². The Labute approximate surface area is 88.8 Å². The minimum Gasteiger partial charge on any atom is -0.380 e. The van der Waals surface area contributed by atoms with Gasteiger partial charge in [-0.05, 0) is 26.4 Å². The maximum absolute atomic E-state index is 5.26. The van der Waals surface area contributed by atoms with E-state index in [9.17, 15) is 0 Å². The predicted molar refractivity (Wildman–Crippen MR) is 61.7 cm³/mol. The van der Waals surface area contributed by atoms with Crippen LogP contribution in [-0.2, 0) is 4.74 Å². The summed E-state index contributed by atoms with van der Waals surface area (Å²) in [5, 5.41) is 3.41. The lowest BCUT2D eigenvalue weighted by Gasteiger charge is -2.28. The van der Waals surface area contributed by atoms with Gasteiger partial charge < -0.3 is 15.0 Å². The molecule has 0 bridgehead atoms. The van der Waals surface area contributed by atoms with Crippen LogP contribution in [0.15, 0.2) is 0 Å². The van der Waals surface area contributed by atoms with E-state index in [1.54, 1.807) is 0 Å². The van der Waals surface area contributed by atoms with E-state index in [4.69, 9.17) is 4.74 Å². The summed E-state index contributed by atoms with van der Waals surface area (Å²) >= 11 is 0. The third-order valence-corrected chi connectivity index (χ3v) is 1.98. The van der Waals surface area contributed by atoms with E-state index in [1.165, 1.54) is 0 Å². The fourth-order valence-corrected chi connectivity index (χ4v) is 1.63. The molecule has 0 aromatic carbocycles. The highest BCUT2D eigenvalue weighted by Gasteiger charge is 2.17.